The van der Waals surface area contributed by atoms with Gasteiger partial charge in [0, 0.05) is 5.69 Å². The second-order valence-corrected chi connectivity index (χ2v) is 6.53. The molecule has 1 aliphatic heterocycles. The Labute approximate surface area is 162 Å². The lowest BCUT2D eigenvalue weighted by molar-refractivity contribution is -0.123. The van der Waals surface area contributed by atoms with Crippen LogP contribution in [0.3, 0.4) is 0 Å². The van der Waals surface area contributed by atoms with Crippen LogP contribution in [0.2, 0.25) is 0 Å². The Kier molecular flexibility index (Phi) is 6.44. The number of nitrogens with one attached hydrogen (secondary N) is 2. The monoisotopic (exact) mass is 387 g/mol. The summed E-state index contributed by atoms with van der Waals surface area (Å²) in [5.41, 5.74) is 0.373. The molecular weight excluding hydrogens is 365 g/mol. The van der Waals surface area contributed by atoms with Gasteiger partial charge in [0.15, 0.2) is 11.5 Å². The van der Waals surface area contributed by atoms with Crippen LogP contribution in [0, 0.1) is 5.82 Å². The lowest BCUT2D eigenvalue weighted by Gasteiger charge is -2.26. The molecule has 2 aromatic carbocycles. The highest BCUT2D eigenvalue weighted by molar-refractivity contribution is 5.92. The molecule has 0 fully saturated rings. The largest absolute Gasteiger partial charge is 0.486 e. The van der Waals surface area contributed by atoms with E-state index < -0.39 is 5.82 Å². The fraction of sp³-hybridized carbons (Fsp3) is 0.300. The Morgan fingerprint density at radius 1 is 1.11 bits per heavy atom. The van der Waals surface area contributed by atoms with Crippen LogP contribution in [0.5, 0.6) is 11.5 Å². The van der Waals surface area contributed by atoms with Crippen LogP contribution in [0.4, 0.5) is 10.1 Å². The van der Waals surface area contributed by atoms with Gasteiger partial charge in [0.1, 0.15) is 18.5 Å². The van der Waals surface area contributed by atoms with Gasteiger partial charge in [-0.1, -0.05) is 18.2 Å². The van der Waals surface area contributed by atoms with Gasteiger partial charge in [0.25, 0.3) is 0 Å². The van der Waals surface area contributed by atoms with Crippen molar-refractivity contribution in [2.45, 2.75) is 6.10 Å². The van der Waals surface area contributed by atoms with Crippen LogP contribution in [0.15, 0.2) is 48.5 Å². The number of likely N-dealkylation sites (N-methyl/N-ethyl adjacent to an activating group) is 1. The van der Waals surface area contributed by atoms with Gasteiger partial charge in [0.2, 0.25) is 11.8 Å². The molecule has 0 bridgehead atoms. The zero-order valence-electron chi connectivity index (χ0n) is 15.5. The van der Waals surface area contributed by atoms with Crippen molar-refractivity contribution in [2.75, 3.05) is 38.6 Å². The van der Waals surface area contributed by atoms with Crippen molar-refractivity contribution in [1.82, 2.24) is 10.2 Å². The van der Waals surface area contributed by atoms with Crippen molar-refractivity contribution in [2.24, 2.45) is 0 Å². The number of fused-ring (bicyclic) bond motifs is 1. The molecule has 0 aromatic heterocycles. The first kappa shape index (κ1) is 19.6. The second kappa shape index (κ2) is 9.18. The Morgan fingerprint density at radius 2 is 1.86 bits per heavy atom. The molecule has 148 valence electrons. The summed E-state index contributed by atoms with van der Waals surface area (Å²) in [7, 11) is 1.65. The third kappa shape index (κ3) is 5.68. The smallest absolute Gasteiger partial charge is 0.238 e. The van der Waals surface area contributed by atoms with Crippen LogP contribution in [0.25, 0.3) is 0 Å². The van der Waals surface area contributed by atoms with E-state index in [1.807, 2.05) is 24.3 Å². The Hall–Kier alpha value is -3.13. The molecule has 1 aliphatic rings. The molecule has 0 unspecified atom stereocenters. The Morgan fingerprint density at radius 3 is 2.64 bits per heavy atom. The Bertz CT molecular complexity index is 846. The van der Waals surface area contributed by atoms with Crippen molar-refractivity contribution in [3.8, 4) is 11.5 Å². The SMILES string of the molecule is CN(CC(=O)NC[C@@H]1COc2ccccc2O1)CC(=O)Nc1cccc(F)c1. The molecule has 28 heavy (non-hydrogen) atoms. The highest BCUT2D eigenvalue weighted by Crippen LogP contribution is 2.30. The van der Waals surface area contributed by atoms with Crippen LogP contribution >= 0.6 is 0 Å². The molecule has 2 N–H and O–H groups in total. The van der Waals surface area contributed by atoms with Gasteiger partial charge in [-0.05, 0) is 37.4 Å². The number of para-hydroxylation sites is 2. The van der Waals surface area contributed by atoms with E-state index in [1.54, 1.807) is 18.0 Å². The number of nitrogens with zero attached hydrogens (tertiary/aromatic N) is 1. The minimum absolute atomic E-state index is 0.000346. The van der Waals surface area contributed by atoms with E-state index in [9.17, 15) is 14.0 Å². The molecule has 7 nitrogen and oxygen atoms in total. The lowest BCUT2D eigenvalue weighted by Crippen LogP contribution is -2.44. The maximum atomic E-state index is 13.1. The molecule has 0 spiro atoms. The van der Waals surface area contributed by atoms with E-state index in [-0.39, 0.29) is 31.0 Å². The second-order valence-electron chi connectivity index (χ2n) is 6.53. The number of hydrogen-bond donors (Lipinski definition) is 2. The van der Waals surface area contributed by atoms with Gasteiger partial charge >= 0.3 is 0 Å². The molecule has 1 heterocycles. The summed E-state index contributed by atoms with van der Waals surface area (Å²) >= 11 is 0. The fourth-order valence-corrected chi connectivity index (χ4v) is 2.76. The number of anilines is 1. The number of amides is 2. The summed E-state index contributed by atoms with van der Waals surface area (Å²) in [5, 5.41) is 5.37. The Balaban J connectivity index is 1.38. The standard InChI is InChI=1S/C20H22FN3O4/c1-24(12-20(26)23-15-6-4-5-14(21)9-15)11-19(25)22-10-16-13-27-17-7-2-3-8-18(17)28-16/h2-9,16H,10-13H2,1H3,(H,22,25)(H,23,26)/t16-/m1/s1. The number of rotatable bonds is 7. The topological polar surface area (TPSA) is 79.9 Å². The summed E-state index contributed by atoms with van der Waals surface area (Å²) in [6.45, 7) is 0.695. The maximum Gasteiger partial charge on any atom is 0.238 e. The van der Waals surface area contributed by atoms with Crippen LogP contribution < -0.4 is 20.1 Å². The minimum Gasteiger partial charge on any atom is -0.486 e. The molecule has 2 amide bonds. The molecule has 2 aromatic rings. The first-order valence-electron chi connectivity index (χ1n) is 8.89. The first-order valence-corrected chi connectivity index (χ1v) is 8.89. The predicted molar refractivity (Wildman–Crippen MR) is 102 cm³/mol. The lowest BCUT2D eigenvalue weighted by atomic mass is 10.2. The molecule has 0 saturated carbocycles. The van der Waals surface area contributed by atoms with E-state index in [0.717, 1.165) is 0 Å². The summed E-state index contributed by atoms with van der Waals surface area (Å²) in [4.78, 5) is 25.7. The number of carbonyl (C=O) groups is 2. The average molecular weight is 387 g/mol. The molecule has 0 radical (unpaired) electrons. The molecular formula is C20H22FN3O4. The van der Waals surface area contributed by atoms with Gasteiger partial charge < -0.3 is 20.1 Å². The zero-order chi connectivity index (χ0) is 19.9. The summed E-state index contributed by atoms with van der Waals surface area (Å²) in [5.74, 6) is 0.348. The van der Waals surface area contributed by atoms with Crippen molar-refractivity contribution in [3.05, 3.63) is 54.3 Å². The minimum atomic E-state index is -0.429. The number of ether oxygens (including phenoxy) is 2. The van der Waals surface area contributed by atoms with Crippen molar-refractivity contribution in [3.63, 3.8) is 0 Å². The average Bonchev–Trinajstić information content (AvgIpc) is 2.66. The number of halogens is 1. The van der Waals surface area contributed by atoms with Gasteiger partial charge in [-0.2, -0.15) is 0 Å². The number of carbonyl (C=O) groups excluding carboxylic acids is 2. The number of benzene rings is 2. The molecule has 0 aliphatic carbocycles. The van der Waals surface area contributed by atoms with Gasteiger partial charge in [0.05, 0.1) is 19.6 Å². The van der Waals surface area contributed by atoms with Crippen molar-refractivity contribution in [1.29, 1.82) is 0 Å². The van der Waals surface area contributed by atoms with E-state index in [2.05, 4.69) is 10.6 Å². The highest BCUT2D eigenvalue weighted by atomic mass is 19.1. The van der Waals surface area contributed by atoms with E-state index in [1.165, 1.54) is 18.2 Å². The normalized spacial score (nSPS) is 15.2. The van der Waals surface area contributed by atoms with Crippen molar-refractivity contribution < 1.29 is 23.5 Å². The maximum absolute atomic E-state index is 13.1. The predicted octanol–water partition coefficient (Wildman–Crippen LogP) is 1.65. The van der Waals surface area contributed by atoms with Crippen LogP contribution in [-0.2, 0) is 9.59 Å². The first-order chi connectivity index (χ1) is 13.5. The van der Waals surface area contributed by atoms with E-state index in [0.29, 0.717) is 30.3 Å². The summed E-state index contributed by atoms with van der Waals surface area (Å²) in [6.07, 6.45) is -0.277. The quantitative estimate of drug-likeness (QED) is 0.755. The third-order valence-corrected chi connectivity index (χ3v) is 4.03. The van der Waals surface area contributed by atoms with Crippen LogP contribution in [0.1, 0.15) is 0 Å². The molecule has 3 rings (SSSR count). The van der Waals surface area contributed by atoms with Gasteiger partial charge in [-0.3, -0.25) is 14.5 Å². The van der Waals surface area contributed by atoms with E-state index >= 15 is 0 Å². The fourth-order valence-electron chi connectivity index (χ4n) is 2.76. The summed E-state index contributed by atoms with van der Waals surface area (Å²) < 4.78 is 24.5. The number of hydrogen-bond acceptors (Lipinski definition) is 5. The van der Waals surface area contributed by atoms with Crippen LogP contribution in [-0.4, -0.2) is 56.1 Å². The van der Waals surface area contributed by atoms with Gasteiger partial charge in [-0.25, -0.2) is 4.39 Å². The molecule has 0 saturated heterocycles. The zero-order valence-corrected chi connectivity index (χ0v) is 15.5. The molecule has 8 heteroatoms. The third-order valence-electron chi connectivity index (χ3n) is 4.03. The van der Waals surface area contributed by atoms with Gasteiger partial charge in [-0.15, -0.1) is 0 Å². The molecule has 1 atom stereocenters. The van der Waals surface area contributed by atoms with Crippen molar-refractivity contribution >= 4 is 17.5 Å². The highest BCUT2D eigenvalue weighted by Gasteiger charge is 2.21. The summed E-state index contributed by atoms with van der Waals surface area (Å²) in [6, 6.07) is 13.0. The van der Waals surface area contributed by atoms with E-state index in [4.69, 9.17) is 9.47 Å².